The highest BCUT2D eigenvalue weighted by molar-refractivity contribution is 7.16. The smallest absolute Gasteiger partial charge is 0.294 e. The van der Waals surface area contributed by atoms with Gasteiger partial charge in [-0.05, 0) is 19.1 Å². The molecule has 0 fully saturated rings. The molecule has 0 radical (unpaired) electrons. The van der Waals surface area contributed by atoms with Crippen LogP contribution in [0.1, 0.15) is 26.3 Å². The Kier molecular flexibility index (Phi) is 2.44. The van der Waals surface area contributed by atoms with Gasteiger partial charge in [0.1, 0.15) is 0 Å². The number of Topliss-reactive ketones (excluding diaryl/α,β-unsaturated/α-hetero) is 1. The van der Waals surface area contributed by atoms with Crippen LogP contribution < -0.4 is 0 Å². The fraction of sp³-hybridized carbons (Fsp3) is 0.143. The van der Waals surface area contributed by atoms with Crippen LogP contribution in [0.15, 0.2) is 17.3 Å². The van der Waals surface area contributed by atoms with Gasteiger partial charge >= 0.3 is 5.91 Å². The van der Waals surface area contributed by atoms with Crippen molar-refractivity contribution in [3.8, 4) is 0 Å². The highest BCUT2D eigenvalue weighted by Gasteiger charge is 2.10. The van der Waals surface area contributed by atoms with Gasteiger partial charge in [0, 0.05) is 5.18 Å². The largest absolute Gasteiger partial charge is 0.326 e. The lowest BCUT2D eigenvalue weighted by Crippen LogP contribution is -1.87. The maximum atomic E-state index is 10.8. The summed E-state index contributed by atoms with van der Waals surface area (Å²) in [4.78, 5) is 31.9. The maximum Gasteiger partial charge on any atom is 0.326 e. The first-order chi connectivity index (χ1) is 5.65. The van der Waals surface area contributed by atoms with E-state index in [2.05, 4.69) is 5.18 Å². The van der Waals surface area contributed by atoms with Crippen LogP contribution in [0.4, 0.5) is 0 Å². The molecule has 12 heavy (non-hydrogen) atoms. The minimum atomic E-state index is -0.826. The van der Waals surface area contributed by atoms with Crippen molar-refractivity contribution in [2.75, 3.05) is 0 Å². The van der Waals surface area contributed by atoms with Crippen molar-refractivity contribution in [2.24, 2.45) is 5.18 Å². The van der Waals surface area contributed by atoms with Crippen molar-refractivity contribution in [3.63, 3.8) is 0 Å². The zero-order valence-electron chi connectivity index (χ0n) is 6.23. The Morgan fingerprint density at radius 2 is 1.92 bits per heavy atom. The molecule has 0 N–H and O–H groups in total. The molecule has 0 aromatic carbocycles. The van der Waals surface area contributed by atoms with E-state index in [1.54, 1.807) is 0 Å². The minimum Gasteiger partial charge on any atom is -0.294 e. The Labute approximate surface area is 72.2 Å². The van der Waals surface area contributed by atoms with E-state index in [1.165, 1.54) is 19.1 Å². The second-order valence-electron chi connectivity index (χ2n) is 2.12. The van der Waals surface area contributed by atoms with Crippen LogP contribution in [0, 0.1) is 4.91 Å². The van der Waals surface area contributed by atoms with Crippen molar-refractivity contribution < 1.29 is 9.59 Å². The molecule has 0 aliphatic carbocycles. The molecule has 1 heterocycles. The van der Waals surface area contributed by atoms with Gasteiger partial charge < -0.3 is 0 Å². The third-order valence-corrected chi connectivity index (χ3v) is 2.42. The van der Waals surface area contributed by atoms with Crippen LogP contribution in [-0.4, -0.2) is 11.7 Å². The van der Waals surface area contributed by atoms with Crippen molar-refractivity contribution >= 4 is 23.0 Å². The summed E-state index contributed by atoms with van der Waals surface area (Å²) in [7, 11) is 0. The lowest BCUT2D eigenvalue weighted by Gasteiger charge is -1.83. The highest BCUT2D eigenvalue weighted by atomic mass is 32.1. The predicted molar refractivity (Wildman–Crippen MR) is 44.4 cm³/mol. The summed E-state index contributed by atoms with van der Waals surface area (Å²) in [5.74, 6) is -0.947. The van der Waals surface area contributed by atoms with Gasteiger partial charge in [0.25, 0.3) is 0 Å². The lowest BCUT2D eigenvalue weighted by atomic mass is 10.3. The average molecular weight is 183 g/mol. The zero-order valence-corrected chi connectivity index (χ0v) is 7.05. The number of carbonyl (C=O) groups excluding carboxylic acids is 2. The van der Waals surface area contributed by atoms with Crippen LogP contribution in [-0.2, 0) is 0 Å². The van der Waals surface area contributed by atoms with E-state index in [0.29, 0.717) is 4.88 Å². The molecule has 0 saturated heterocycles. The summed E-state index contributed by atoms with van der Waals surface area (Å²) in [6.07, 6.45) is 0. The number of amides is 1. The lowest BCUT2D eigenvalue weighted by molar-refractivity contribution is 0.100. The number of thiophene rings is 1. The standard InChI is InChI=1S/C7H5NO3S/c1-4(9)5-2-3-6(12-5)7(10)8-11/h2-3H,1H3. The van der Waals surface area contributed by atoms with Gasteiger partial charge in [-0.1, -0.05) is 0 Å². The zero-order chi connectivity index (χ0) is 9.14. The summed E-state index contributed by atoms with van der Waals surface area (Å²) in [5, 5.41) is 2.24. The topological polar surface area (TPSA) is 63.6 Å². The van der Waals surface area contributed by atoms with Crippen molar-refractivity contribution in [2.45, 2.75) is 6.92 Å². The van der Waals surface area contributed by atoms with Crippen LogP contribution in [0.25, 0.3) is 0 Å². The van der Waals surface area contributed by atoms with E-state index in [4.69, 9.17) is 0 Å². The van der Waals surface area contributed by atoms with Crippen LogP contribution in [0.5, 0.6) is 0 Å². The molecule has 5 heteroatoms. The molecule has 0 atom stereocenters. The predicted octanol–water partition coefficient (Wildman–Crippen LogP) is 1.86. The SMILES string of the molecule is CC(=O)c1ccc(C(=O)N=O)s1. The molecular weight excluding hydrogens is 178 g/mol. The number of rotatable bonds is 2. The molecule has 0 unspecified atom stereocenters. The molecule has 4 nitrogen and oxygen atoms in total. The number of hydrogen-bond donors (Lipinski definition) is 0. The molecule has 1 aromatic heterocycles. The van der Waals surface area contributed by atoms with Gasteiger partial charge in [0.05, 0.1) is 9.75 Å². The minimum absolute atomic E-state index is 0.120. The molecule has 1 rings (SSSR count). The van der Waals surface area contributed by atoms with Crippen LogP contribution in [0.3, 0.4) is 0 Å². The quantitative estimate of drug-likeness (QED) is 0.519. The van der Waals surface area contributed by atoms with Gasteiger partial charge in [-0.2, -0.15) is 0 Å². The van der Waals surface area contributed by atoms with Gasteiger partial charge in [-0.3, -0.25) is 9.59 Å². The second-order valence-corrected chi connectivity index (χ2v) is 3.20. The van der Waals surface area contributed by atoms with E-state index in [9.17, 15) is 14.5 Å². The van der Waals surface area contributed by atoms with Crippen molar-refractivity contribution in [1.29, 1.82) is 0 Å². The van der Waals surface area contributed by atoms with Gasteiger partial charge in [-0.25, -0.2) is 0 Å². The van der Waals surface area contributed by atoms with Crippen molar-refractivity contribution in [1.82, 2.24) is 0 Å². The Balaban J connectivity index is 2.99. The monoisotopic (exact) mass is 183 g/mol. The number of nitrogens with zero attached hydrogens (tertiary/aromatic N) is 1. The third-order valence-electron chi connectivity index (χ3n) is 1.25. The molecule has 62 valence electrons. The Morgan fingerprint density at radius 1 is 1.33 bits per heavy atom. The summed E-state index contributed by atoms with van der Waals surface area (Å²) < 4.78 is 0. The first-order valence-corrected chi connectivity index (χ1v) is 3.95. The fourth-order valence-corrected chi connectivity index (χ4v) is 1.46. The summed E-state index contributed by atoms with van der Waals surface area (Å²) in [6, 6.07) is 2.93. The van der Waals surface area contributed by atoms with Crippen LogP contribution >= 0.6 is 11.3 Å². The van der Waals surface area contributed by atoms with Crippen molar-refractivity contribution in [3.05, 3.63) is 26.8 Å². The molecule has 0 aliphatic heterocycles. The summed E-state index contributed by atoms with van der Waals surface area (Å²) in [6.45, 7) is 1.40. The number of ketones is 1. The third kappa shape index (κ3) is 1.62. The molecule has 1 amide bonds. The Morgan fingerprint density at radius 3 is 2.33 bits per heavy atom. The number of hydrogen-bond acceptors (Lipinski definition) is 4. The number of carbonyl (C=O) groups is 2. The number of nitroso groups, excluding NO2 is 1. The van der Waals surface area contributed by atoms with E-state index < -0.39 is 5.91 Å². The molecule has 0 saturated carbocycles. The summed E-state index contributed by atoms with van der Waals surface area (Å²) >= 11 is 0.981. The highest BCUT2D eigenvalue weighted by Crippen LogP contribution is 2.17. The maximum absolute atomic E-state index is 10.8. The van der Waals surface area contributed by atoms with E-state index in [-0.39, 0.29) is 10.7 Å². The van der Waals surface area contributed by atoms with E-state index >= 15 is 0 Å². The normalized spacial score (nSPS) is 9.42. The molecule has 0 spiro atoms. The fourth-order valence-electron chi connectivity index (χ4n) is 0.687. The molecular formula is C7H5NO3S. The van der Waals surface area contributed by atoms with Crippen LogP contribution in [0.2, 0.25) is 0 Å². The molecule has 0 aliphatic rings. The second kappa shape index (κ2) is 3.36. The Hall–Kier alpha value is -1.36. The first-order valence-electron chi connectivity index (χ1n) is 3.13. The first kappa shape index (κ1) is 8.73. The van der Waals surface area contributed by atoms with Gasteiger partial charge in [0.15, 0.2) is 5.78 Å². The average Bonchev–Trinajstić information content (AvgIpc) is 2.51. The molecule has 0 bridgehead atoms. The van der Waals surface area contributed by atoms with Gasteiger partial charge in [-0.15, -0.1) is 16.2 Å². The summed E-state index contributed by atoms with van der Waals surface area (Å²) in [5.41, 5.74) is 0. The Bertz CT molecular complexity index is 342. The molecule has 1 aromatic rings. The van der Waals surface area contributed by atoms with E-state index in [0.717, 1.165) is 11.3 Å². The van der Waals surface area contributed by atoms with Gasteiger partial charge in [0.2, 0.25) is 0 Å². The van der Waals surface area contributed by atoms with E-state index in [1.807, 2.05) is 0 Å².